The van der Waals surface area contributed by atoms with Gasteiger partial charge in [-0.15, -0.1) is 0 Å². The lowest BCUT2D eigenvalue weighted by Crippen LogP contribution is -2.42. The zero-order valence-corrected chi connectivity index (χ0v) is 10.5. The van der Waals surface area contributed by atoms with E-state index in [0.717, 1.165) is 11.0 Å². The van der Waals surface area contributed by atoms with E-state index in [-0.39, 0.29) is 17.8 Å². The van der Waals surface area contributed by atoms with Crippen molar-refractivity contribution in [2.24, 2.45) is 0 Å². The Bertz CT molecular complexity index is 728. The van der Waals surface area contributed by atoms with Crippen molar-refractivity contribution in [3.05, 3.63) is 59.4 Å². The number of hydrogen-bond acceptors (Lipinski definition) is 3. The summed E-state index contributed by atoms with van der Waals surface area (Å²) in [5.74, 6) is -1.65. The molecule has 2 aromatic rings. The fraction of sp³-hybridized carbons (Fsp3) is 0.0667. The van der Waals surface area contributed by atoms with Crippen LogP contribution in [0.15, 0.2) is 42.5 Å². The average Bonchev–Trinajstić information content (AvgIpc) is 2.41. The molecular weight excluding hydrogens is 259 g/mol. The van der Waals surface area contributed by atoms with Crippen LogP contribution in [0.2, 0.25) is 0 Å². The van der Waals surface area contributed by atoms with Gasteiger partial charge in [0.15, 0.2) is 0 Å². The van der Waals surface area contributed by atoms with Crippen molar-refractivity contribution in [2.75, 3.05) is 10.6 Å². The minimum absolute atomic E-state index is 0.0660. The molecule has 1 aliphatic rings. The van der Waals surface area contributed by atoms with Gasteiger partial charge < -0.3 is 5.73 Å². The molecule has 1 aliphatic heterocycles. The van der Waals surface area contributed by atoms with Gasteiger partial charge in [-0.25, -0.2) is 9.29 Å². The number of nitrogens with two attached hydrogens (primary N) is 1. The second-order valence-electron chi connectivity index (χ2n) is 4.58. The normalized spacial score (nSPS) is 14.3. The van der Waals surface area contributed by atoms with Crippen LogP contribution in [-0.2, 0) is 11.2 Å². The van der Waals surface area contributed by atoms with Crippen LogP contribution in [0.1, 0.15) is 15.9 Å². The number of carbonyl (C=O) groups excluding carboxylic acids is 2. The van der Waals surface area contributed by atoms with Gasteiger partial charge in [-0.2, -0.15) is 0 Å². The number of nitrogens with zero attached hydrogens (tertiary/aromatic N) is 1. The smallest absolute Gasteiger partial charge is 0.265 e. The van der Waals surface area contributed by atoms with E-state index in [9.17, 15) is 14.0 Å². The molecular formula is C15H11FN2O2. The van der Waals surface area contributed by atoms with Crippen LogP contribution >= 0.6 is 0 Å². The first kappa shape index (κ1) is 12.3. The van der Waals surface area contributed by atoms with Crippen LogP contribution in [0.25, 0.3) is 0 Å². The van der Waals surface area contributed by atoms with E-state index in [1.54, 1.807) is 24.3 Å². The molecule has 0 aliphatic carbocycles. The van der Waals surface area contributed by atoms with Gasteiger partial charge in [0.25, 0.3) is 5.91 Å². The minimum Gasteiger partial charge on any atom is -0.399 e. The summed E-state index contributed by atoms with van der Waals surface area (Å²) >= 11 is 0. The van der Waals surface area contributed by atoms with Crippen LogP contribution in [-0.4, -0.2) is 11.8 Å². The van der Waals surface area contributed by atoms with Crippen molar-refractivity contribution in [2.45, 2.75) is 6.42 Å². The monoisotopic (exact) mass is 270 g/mol. The Morgan fingerprint density at radius 2 is 1.85 bits per heavy atom. The molecule has 0 unspecified atom stereocenters. The van der Waals surface area contributed by atoms with Crippen molar-refractivity contribution in [1.82, 2.24) is 0 Å². The highest BCUT2D eigenvalue weighted by atomic mass is 19.1. The summed E-state index contributed by atoms with van der Waals surface area (Å²) in [6, 6.07) is 10.7. The summed E-state index contributed by atoms with van der Waals surface area (Å²) in [7, 11) is 0. The number of fused-ring (bicyclic) bond motifs is 1. The molecule has 2 N–H and O–H groups in total. The van der Waals surface area contributed by atoms with Crippen LogP contribution < -0.4 is 10.6 Å². The van der Waals surface area contributed by atoms with Crippen LogP contribution in [0.4, 0.5) is 15.8 Å². The van der Waals surface area contributed by atoms with E-state index in [0.29, 0.717) is 11.1 Å². The second-order valence-corrected chi connectivity index (χ2v) is 4.58. The zero-order chi connectivity index (χ0) is 14.3. The average molecular weight is 270 g/mol. The van der Waals surface area contributed by atoms with Crippen molar-refractivity contribution in [1.29, 1.82) is 0 Å². The number of halogens is 1. The molecule has 2 amide bonds. The molecule has 0 bridgehead atoms. The van der Waals surface area contributed by atoms with Crippen molar-refractivity contribution in [3.8, 4) is 0 Å². The third-order valence-corrected chi connectivity index (χ3v) is 3.25. The third-order valence-electron chi connectivity index (χ3n) is 3.25. The highest BCUT2D eigenvalue weighted by Gasteiger charge is 2.33. The van der Waals surface area contributed by atoms with Crippen LogP contribution in [0.5, 0.6) is 0 Å². The number of rotatable bonds is 1. The molecule has 0 saturated heterocycles. The van der Waals surface area contributed by atoms with E-state index < -0.39 is 17.6 Å². The maximum atomic E-state index is 13.9. The maximum absolute atomic E-state index is 13.9. The van der Waals surface area contributed by atoms with Gasteiger partial charge in [-0.3, -0.25) is 9.59 Å². The Kier molecular flexibility index (Phi) is 2.75. The number of amides is 2. The molecule has 0 aromatic heterocycles. The zero-order valence-electron chi connectivity index (χ0n) is 10.5. The Morgan fingerprint density at radius 1 is 1.10 bits per heavy atom. The number of imide groups is 1. The fourth-order valence-corrected chi connectivity index (χ4v) is 2.31. The van der Waals surface area contributed by atoms with Gasteiger partial charge in [0.05, 0.1) is 12.1 Å². The SMILES string of the molecule is Nc1ccc(N2C(=O)Cc3ccccc3C2=O)c(F)c1. The van der Waals surface area contributed by atoms with Crippen LogP contribution in [0, 0.1) is 5.82 Å². The molecule has 3 rings (SSSR count). The van der Waals surface area contributed by atoms with Crippen molar-refractivity contribution < 1.29 is 14.0 Å². The van der Waals surface area contributed by atoms with E-state index in [2.05, 4.69) is 0 Å². The summed E-state index contributed by atoms with van der Waals surface area (Å²) in [5, 5.41) is 0. The fourth-order valence-electron chi connectivity index (χ4n) is 2.31. The summed E-state index contributed by atoms with van der Waals surface area (Å²) in [6.45, 7) is 0. The number of anilines is 2. The molecule has 0 radical (unpaired) electrons. The van der Waals surface area contributed by atoms with Gasteiger partial charge in [0, 0.05) is 11.3 Å². The molecule has 5 heteroatoms. The Hall–Kier alpha value is -2.69. The number of hydrogen-bond donors (Lipinski definition) is 1. The Balaban J connectivity index is 2.11. The summed E-state index contributed by atoms with van der Waals surface area (Å²) in [4.78, 5) is 25.4. The maximum Gasteiger partial charge on any atom is 0.265 e. The molecule has 20 heavy (non-hydrogen) atoms. The summed E-state index contributed by atoms with van der Waals surface area (Å²) < 4.78 is 13.9. The van der Waals surface area contributed by atoms with E-state index in [4.69, 9.17) is 5.73 Å². The molecule has 0 fully saturated rings. The van der Waals surface area contributed by atoms with Gasteiger partial charge in [-0.1, -0.05) is 18.2 Å². The number of carbonyl (C=O) groups is 2. The Morgan fingerprint density at radius 3 is 2.60 bits per heavy atom. The molecule has 2 aromatic carbocycles. The first-order valence-electron chi connectivity index (χ1n) is 6.08. The Labute approximate surface area is 114 Å². The predicted octanol–water partition coefficient (Wildman–Crippen LogP) is 2.14. The number of nitrogen functional groups attached to an aromatic ring is 1. The molecule has 1 heterocycles. The largest absolute Gasteiger partial charge is 0.399 e. The first-order valence-corrected chi connectivity index (χ1v) is 6.08. The van der Waals surface area contributed by atoms with Gasteiger partial charge >= 0.3 is 0 Å². The number of benzene rings is 2. The lowest BCUT2D eigenvalue weighted by atomic mass is 9.98. The van der Waals surface area contributed by atoms with Crippen molar-refractivity contribution >= 4 is 23.2 Å². The standard InChI is InChI=1S/C15H11FN2O2/c16-12-8-10(17)5-6-13(12)18-14(19)7-9-3-1-2-4-11(9)15(18)20/h1-6,8H,7,17H2. The third kappa shape index (κ3) is 1.84. The minimum atomic E-state index is -0.689. The van der Waals surface area contributed by atoms with Gasteiger partial charge in [0.1, 0.15) is 5.82 Å². The van der Waals surface area contributed by atoms with Gasteiger partial charge in [0.2, 0.25) is 5.91 Å². The molecule has 4 nitrogen and oxygen atoms in total. The summed E-state index contributed by atoms with van der Waals surface area (Å²) in [6.07, 6.45) is 0.0751. The van der Waals surface area contributed by atoms with E-state index in [1.165, 1.54) is 12.1 Å². The molecule has 0 spiro atoms. The quantitative estimate of drug-likeness (QED) is 0.638. The topological polar surface area (TPSA) is 63.4 Å². The second kappa shape index (κ2) is 4.45. The van der Waals surface area contributed by atoms with E-state index >= 15 is 0 Å². The van der Waals surface area contributed by atoms with Crippen LogP contribution in [0.3, 0.4) is 0 Å². The highest BCUT2D eigenvalue weighted by Crippen LogP contribution is 2.28. The van der Waals surface area contributed by atoms with Gasteiger partial charge in [-0.05, 0) is 29.8 Å². The molecule has 0 atom stereocenters. The molecule has 100 valence electrons. The summed E-state index contributed by atoms with van der Waals surface area (Å²) in [5.41, 5.74) is 6.73. The predicted molar refractivity (Wildman–Crippen MR) is 72.8 cm³/mol. The van der Waals surface area contributed by atoms with E-state index in [1.807, 2.05) is 0 Å². The first-order chi connectivity index (χ1) is 9.58. The van der Waals surface area contributed by atoms with Crippen molar-refractivity contribution in [3.63, 3.8) is 0 Å². The highest BCUT2D eigenvalue weighted by molar-refractivity contribution is 6.24. The lowest BCUT2D eigenvalue weighted by Gasteiger charge is -2.27. The lowest BCUT2D eigenvalue weighted by molar-refractivity contribution is -0.117. The molecule has 0 saturated carbocycles.